The molecule has 23 heavy (non-hydrogen) atoms. The van der Waals surface area contributed by atoms with Crippen molar-refractivity contribution in [3.8, 4) is 0 Å². The number of hydrogen-bond donors (Lipinski definition) is 0. The van der Waals surface area contributed by atoms with Crippen molar-refractivity contribution in [1.29, 1.82) is 0 Å². The molecule has 1 saturated heterocycles. The number of carbonyl (C=O) groups excluding carboxylic acids is 2. The highest BCUT2D eigenvalue weighted by molar-refractivity contribution is 6.02. The van der Waals surface area contributed by atoms with Crippen molar-refractivity contribution in [1.82, 2.24) is 4.90 Å². The molecule has 0 aliphatic carbocycles. The van der Waals surface area contributed by atoms with E-state index >= 15 is 0 Å². The Morgan fingerprint density at radius 1 is 1.30 bits per heavy atom. The van der Waals surface area contributed by atoms with Crippen molar-refractivity contribution in [3.63, 3.8) is 0 Å². The molecule has 1 aliphatic heterocycles. The van der Waals surface area contributed by atoms with Crippen LogP contribution >= 0.6 is 0 Å². The van der Waals surface area contributed by atoms with Gasteiger partial charge in [0.25, 0.3) is 0 Å². The minimum absolute atomic E-state index is 0.0893. The van der Waals surface area contributed by atoms with Gasteiger partial charge in [0.1, 0.15) is 11.6 Å². The summed E-state index contributed by atoms with van der Waals surface area (Å²) in [4.78, 5) is 26.0. The van der Waals surface area contributed by atoms with Crippen LogP contribution in [0, 0.1) is 11.6 Å². The summed E-state index contributed by atoms with van der Waals surface area (Å²) < 4.78 is 37.6. The smallest absolute Gasteiger partial charge is 0.411 e. The first kappa shape index (κ1) is 17.3. The number of Topliss-reactive ketones (excluding diaryl/α,β-unsaturated/α-hetero) is 1. The van der Waals surface area contributed by atoms with Crippen LogP contribution in [0.5, 0.6) is 0 Å². The molecule has 1 aromatic rings. The van der Waals surface area contributed by atoms with Gasteiger partial charge in [-0.05, 0) is 32.9 Å². The average Bonchev–Trinajstić information content (AvgIpc) is 2.47. The monoisotopic (exact) mass is 327 g/mol. The second kappa shape index (κ2) is 6.62. The topological polar surface area (TPSA) is 55.8 Å². The minimum atomic E-state index is -1.23. The van der Waals surface area contributed by atoms with Crippen molar-refractivity contribution in [2.45, 2.75) is 32.4 Å². The maximum atomic E-state index is 13.8. The summed E-state index contributed by atoms with van der Waals surface area (Å²) in [5, 5.41) is 0. The average molecular weight is 327 g/mol. The zero-order valence-corrected chi connectivity index (χ0v) is 13.3. The van der Waals surface area contributed by atoms with Crippen LogP contribution in [0.1, 0.15) is 31.1 Å². The number of hydrogen-bond acceptors (Lipinski definition) is 4. The van der Waals surface area contributed by atoms with Crippen molar-refractivity contribution in [3.05, 3.63) is 35.4 Å². The van der Waals surface area contributed by atoms with Crippen LogP contribution < -0.4 is 0 Å². The Morgan fingerprint density at radius 3 is 2.65 bits per heavy atom. The van der Waals surface area contributed by atoms with E-state index in [1.54, 1.807) is 20.8 Å². The third kappa shape index (κ3) is 4.04. The number of halogens is 2. The summed E-state index contributed by atoms with van der Waals surface area (Å²) in [7, 11) is 0. The predicted octanol–water partition coefficient (Wildman–Crippen LogP) is 2.78. The Morgan fingerprint density at radius 2 is 2.00 bits per heavy atom. The van der Waals surface area contributed by atoms with Crippen molar-refractivity contribution in [2.24, 2.45) is 0 Å². The number of amides is 1. The first-order chi connectivity index (χ1) is 10.7. The van der Waals surface area contributed by atoms with E-state index < -0.39 is 40.7 Å². The highest BCUT2D eigenvalue weighted by atomic mass is 19.2. The second-order valence-corrected chi connectivity index (χ2v) is 6.23. The van der Waals surface area contributed by atoms with E-state index in [0.717, 1.165) is 6.07 Å². The summed E-state index contributed by atoms with van der Waals surface area (Å²) in [6.07, 6.45) is -0.684. The van der Waals surface area contributed by atoms with Crippen molar-refractivity contribution >= 4 is 11.9 Å². The molecule has 1 aliphatic rings. The Bertz CT molecular complexity index is 613. The van der Waals surface area contributed by atoms with Gasteiger partial charge in [0.05, 0.1) is 18.8 Å². The molecule has 0 bridgehead atoms. The standard InChI is InChI=1S/C16H19F2NO4/c1-16(2,3)23-15(21)19-7-8-22-9-12(19)14(20)10-5-4-6-11(17)13(10)18/h4-6,12H,7-9H2,1-3H3. The quantitative estimate of drug-likeness (QED) is 0.784. The fourth-order valence-corrected chi connectivity index (χ4v) is 2.23. The Hall–Kier alpha value is -2.02. The molecule has 7 heteroatoms. The molecule has 1 heterocycles. The van der Waals surface area contributed by atoms with Gasteiger partial charge in [0, 0.05) is 6.54 Å². The third-order valence-electron chi connectivity index (χ3n) is 3.28. The fraction of sp³-hybridized carbons (Fsp3) is 0.500. The summed E-state index contributed by atoms with van der Waals surface area (Å²) >= 11 is 0. The molecule has 0 aromatic heterocycles. The lowest BCUT2D eigenvalue weighted by atomic mass is 10.0. The summed E-state index contributed by atoms with van der Waals surface area (Å²) in [6.45, 7) is 5.40. The number of rotatable bonds is 2. The molecule has 5 nitrogen and oxygen atoms in total. The number of carbonyl (C=O) groups is 2. The lowest BCUT2D eigenvalue weighted by Gasteiger charge is -2.35. The van der Waals surface area contributed by atoms with E-state index in [1.807, 2.05) is 0 Å². The van der Waals surface area contributed by atoms with Crippen LogP contribution in [0.15, 0.2) is 18.2 Å². The normalized spacial score (nSPS) is 18.7. The molecule has 2 rings (SSSR count). The number of morpholine rings is 1. The van der Waals surface area contributed by atoms with Crippen LogP contribution in [-0.2, 0) is 9.47 Å². The van der Waals surface area contributed by atoms with Crippen LogP contribution in [0.4, 0.5) is 13.6 Å². The molecule has 1 fully saturated rings. The summed E-state index contributed by atoms with van der Waals surface area (Å²) in [5.41, 5.74) is -1.14. The fourth-order valence-electron chi connectivity index (χ4n) is 2.23. The van der Waals surface area contributed by atoms with Crippen LogP contribution in [0.2, 0.25) is 0 Å². The highest BCUT2D eigenvalue weighted by Crippen LogP contribution is 2.20. The Kier molecular flexibility index (Phi) is 4.99. The zero-order valence-electron chi connectivity index (χ0n) is 13.3. The van der Waals surface area contributed by atoms with Gasteiger partial charge in [-0.1, -0.05) is 6.07 Å². The zero-order chi connectivity index (χ0) is 17.2. The van der Waals surface area contributed by atoms with Crippen LogP contribution in [0.3, 0.4) is 0 Å². The van der Waals surface area contributed by atoms with Gasteiger partial charge in [0.15, 0.2) is 17.4 Å². The van der Waals surface area contributed by atoms with E-state index in [1.165, 1.54) is 17.0 Å². The molecular weight excluding hydrogens is 308 g/mol. The lowest BCUT2D eigenvalue weighted by molar-refractivity contribution is -0.0266. The molecule has 1 unspecified atom stereocenters. The first-order valence-corrected chi connectivity index (χ1v) is 7.26. The number of ether oxygens (including phenoxy) is 2. The predicted molar refractivity (Wildman–Crippen MR) is 78.2 cm³/mol. The van der Waals surface area contributed by atoms with Gasteiger partial charge in [0.2, 0.25) is 0 Å². The van der Waals surface area contributed by atoms with Gasteiger partial charge >= 0.3 is 6.09 Å². The van der Waals surface area contributed by atoms with Gasteiger partial charge in [-0.15, -0.1) is 0 Å². The van der Waals surface area contributed by atoms with Gasteiger partial charge in [-0.2, -0.15) is 0 Å². The minimum Gasteiger partial charge on any atom is -0.444 e. The maximum absolute atomic E-state index is 13.8. The first-order valence-electron chi connectivity index (χ1n) is 7.26. The third-order valence-corrected chi connectivity index (χ3v) is 3.28. The molecule has 1 atom stereocenters. The molecule has 0 saturated carbocycles. The van der Waals surface area contributed by atoms with E-state index in [0.29, 0.717) is 0 Å². The molecular formula is C16H19F2NO4. The molecule has 1 amide bonds. The van der Waals surface area contributed by atoms with Crippen LogP contribution in [-0.4, -0.2) is 48.2 Å². The largest absolute Gasteiger partial charge is 0.444 e. The van der Waals surface area contributed by atoms with Crippen molar-refractivity contribution in [2.75, 3.05) is 19.8 Å². The van der Waals surface area contributed by atoms with Crippen LogP contribution in [0.25, 0.3) is 0 Å². The summed E-state index contributed by atoms with van der Waals surface area (Å²) in [6, 6.07) is 2.31. The van der Waals surface area contributed by atoms with E-state index in [-0.39, 0.29) is 19.8 Å². The van der Waals surface area contributed by atoms with Gasteiger partial charge < -0.3 is 9.47 Å². The van der Waals surface area contributed by atoms with E-state index in [2.05, 4.69) is 0 Å². The molecule has 0 spiro atoms. The Balaban J connectivity index is 2.25. The van der Waals surface area contributed by atoms with E-state index in [9.17, 15) is 18.4 Å². The van der Waals surface area contributed by atoms with Gasteiger partial charge in [-0.25, -0.2) is 13.6 Å². The maximum Gasteiger partial charge on any atom is 0.411 e. The second-order valence-electron chi connectivity index (χ2n) is 6.23. The number of nitrogens with zero attached hydrogens (tertiary/aromatic N) is 1. The Labute approximate surface area is 133 Å². The number of benzene rings is 1. The molecule has 0 radical (unpaired) electrons. The molecule has 0 N–H and O–H groups in total. The highest BCUT2D eigenvalue weighted by Gasteiger charge is 2.37. The SMILES string of the molecule is CC(C)(C)OC(=O)N1CCOCC1C(=O)c1cccc(F)c1F. The van der Waals surface area contributed by atoms with Crippen molar-refractivity contribution < 1.29 is 27.8 Å². The van der Waals surface area contributed by atoms with Gasteiger partial charge in [-0.3, -0.25) is 9.69 Å². The summed E-state index contributed by atoms with van der Waals surface area (Å²) in [5.74, 6) is -3.06. The number of ketones is 1. The lowest BCUT2D eigenvalue weighted by Crippen LogP contribution is -2.54. The van der Waals surface area contributed by atoms with E-state index in [4.69, 9.17) is 9.47 Å². The molecule has 126 valence electrons. The molecule has 1 aromatic carbocycles.